The topological polar surface area (TPSA) is 75.5 Å². The molecule has 1 amide bonds. The number of hydrogen-bond donors (Lipinski definition) is 0. The molecule has 1 atom stereocenters. The zero-order chi connectivity index (χ0) is 22.3. The highest BCUT2D eigenvalue weighted by Crippen LogP contribution is 2.35. The fraction of sp³-hybridized carbons (Fsp3) is 0.636. The lowest BCUT2D eigenvalue weighted by atomic mass is 10.0. The predicted molar refractivity (Wildman–Crippen MR) is 123 cm³/mol. The van der Waals surface area contributed by atoms with Crippen molar-refractivity contribution in [3.05, 3.63) is 22.3 Å². The van der Waals surface area contributed by atoms with E-state index in [4.69, 9.17) is 0 Å². The Morgan fingerprint density at radius 2 is 1.84 bits per heavy atom. The fourth-order valence-corrected chi connectivity index (χ4v) is 7.86. The summed E-state index contributed by atoms with van der Waals surface area (Å²) in [6, 6.07) is 1.81. The van der Waals surface area contributed by atoms with Gasteiger partial charge in [-0.3, -0.25) is 4.79 Å². The zero-order valence-electron chi connectivity index (χ0n) is 18.8. The monoisotopic (exact) mass is 464 g/mol. The molecule has 2 fully saturated rings. The lowest BCUT2D eigenvalue weighted by Crippen LogP contribution is -2.43. The third-order valence-electron chi connectivity index (χ3n) is 6.72. The molecule has 2 saturated heterocycles. The standard InChI is InChI=1S/C22H32N4O3S2/c1-5-17-10-6-7-13-26(17)31(28,29)19-14-18(24(4)16(19)3)21-23-15(2)20(30-21)22(27)25-11-8-9-12-25/h14,17H,5-13H2,1-4H3. The van der Waals surface area contributed by atoms with Crippen molar-refractivity contribution in [3.63, 3.8) is 0 Å². The largest absolute Gasteiger partial charge is 0.345 e. The molecule has 0 N–H and O–H groups in total. The van der Waals surface area contributed by atoms with Gasteiger partial charge in [0.2, 0.25) is 10.0 Å². The molecule has 2 aliphatic rings. The molecule has 31 heavy (non-hydrogen) atoms. The van der Waals surface area contributed by atoms with Crippen LogP contribution in [0.2, 0.25) is 0 Å². The first-order valence-corrected chi connectivity index (χ1v) is 13.5. The Morgan fingerprint density at radius 1 is 1.16 bits per heavy atom. The van der Waals surface area contributed by atoms with Crippen LogP contribution in [0.4, 0.5) is 0 Å². The lowest BCUT2D eigenvalue weighted by molar-refractivity contribution is 0.0796. The molecule has 7 nitrogen and oxygen atoms in total. The van der Waals surface area contributed by atoms with E-state index in [0.717, 1.165) is 57.3 Å². The van der Waals surface area contributed by atoms with Crippen LogP contribution in [0.1, 0.15) is 66.5 Å². The molecule has 9 heteroatoms. The molecular formula is C22H32N4O3S2. The fourth-order valence-electron chi connectivity index (χ4n) is 4.73. The number of amides is 1. The quantitative estimate of drug-likeness (QED) is 0.671. The molecular weight excluding hydrogens is 432 g/mol. The van der Waals surface area contributed by atoms with Gasteiger partial charge in [0, 0.05) is 38.4 Å². The number of carbonyl (C=O) groups is 1. The molecule has 2 aromatic heterocycles. The van der Waals surface area contributed by atoms with Crippen molar-refractivity contribution in [1.82, 2.24) is 18.8 Å². The number of carbonyl (C=O) groups excluding carboxylic acids is 1. The number of sulfonamides is 1. The second-order valence-electron chi connectivity index (χ2n) is 8.64. The number of likely N-dealkylation sites (tertiary alicyclic amines) is 1. The number of nitrogens with zero attached hydrogens (tertiary/aromatic N) is 4. The van der Waals surface area contributed by atoms with Gasteiger partial charge in [0.25, 0.3) is 5.91 Å². The summed E-state index contributed by atoms with van der Waals surface area (Å²) in [6.45, 7) is 7.93. The van der Waals surface area contributed by atoms with E-state index < -0.39 is 10.0 Å². The first kappa shape index (κ1) is 22.5. The Hall–Kier alpha value is -1.71. The SMILES string of the molecule is CCC1CCCCN1S(=O)(=O)c1cc(-c2nc(C)c(C(=O)N3CCCC3)s2)n(C)c1C. The molecule has 0 aliphatic carbocycles. The highest BCUT2D eigenvalue weighted by molar-refractivity contribution is 7.89. The van der Waals surface area contributed by atoms with Gasteiger partial charge >= 0.3 is 0 Å². The minimum atomic E-state index is -3.58. The number of thiazole rings is 1. The van der Waals surface area contributed by atoms with E-state index in [1.54, 1.807) is 10.4 Å². The van der Waals surface area contributed by atoms with Crippen molar-refractivity contribution in [2.75, 3.05) is 19.6 Å². The smallest absolute Gasteiger partial charge is 0.265 e. The molecule has 4 heterocycles. The summed E-state index contributed by atoms with van der Waals surface area (Å²) in [5.41, 5.74) is 2.16. The van der Waals surface area contributed by atoms with Crippen LogP contribution in [-0.4, -0.2) is 58.8 Å². The van der Waals surface area contributed by atoms with E-state index in [2.05, 4.69) is 11.9 Å². The van der Waals surface area contributed by atoms with Gasteiger partial charge in [0.05, 0.1) is 11.4 Å². The van der Waals surface area contributed by atoms with Gasteiger partial charge in [0.1, 0.15) is 14.8 Å². The Labute approximate surface area is 189 Å². The van der Waals surface area contributed by atoms with Crippen molar-refractivity contribution in [3.8, 4) is 10.7 Å². The second kappa shape index (κ2) is 8.67. The Morgan fingerprint density at radius 3 is 2.52 bits per heavy atom. The molecule has 4 rings (SSSR count). The summed E-state index contributed by atoms with van der Waals surface area (Å²) in [7, 11) is -1.71. The Kier molecular flexibility index (Phi) is 6.29. The maximum absolute atomic E-state index is 13.6. The van der Waals surface area contributed by atoms with E-state index in [-0.39, 0.29) is 11.9 Å². The minimum absolute atomic E-state index is 0.0385. The Balaban J connectivity index is 1.70. The third kappa shape index (κ3) is 3.96. The molecule has 1 unspecified atom stereocenters. The van der Waals surface area contributed by atoms with Crippen LogP contribution in [0.3, 0.4) is 0 Å². The maximum Gasteiger partial charge on any atom is 0.265 e. The Bertz CT molecular complexity index is 1080. The summed E-state index contributed by atoms with van der Waals surface area (Å²) in [5.74, 6) is 0.0385. The van der Waals surface area contributed by atoms with Crippen LogP contribution in [-0.2, 0) is 17.1 Å². The first-order chi connectivity index (χ1) is 14.8. The van der Waals surface area contributed by atoms with Crippen LogP contribution in [0.15, 0.2) is 11.0 Å². The van der Waals surface area contributed by atoms with Crippen LogP contribution < -0.4 is 0 Å². The zero-order valence-corrected chi connectivity index (χ0v) is 20.5. The summed E-state index contributed by atoms with van der Waals surface area (Å²) >= 11 is 1.36. The van der Waals surface area contributed by atoms with Gasteiger partial charge in [-0.05, 0) is 52.0 Å². The van der Waals surface area contributed by atoms with E-state index in [1.807, 2.05) is 30.4 Å². The van der Waals surface area contributed by atoms with Gasteiger partial charge in [-0.2, -0.15) is 4.31 Å². The van der Waals surface area contributed by atoms with Gasteiger partial charge in [-0.15, -0.1) is 11.3 Å². The molecule has 0 aromatic carbocycles. The van der Waals surface area contributed by atoms with Crippen LogP contribution in [0.25, 0.3) is 10.7 Å². The van der Waals surface area contributed by atoms with Crippen molar-refractivity contribution in [2.45, 2.75) is 70.2 Å². The van der Waals surface area contributed by atoms with Crippen LogP contribution in [0.5, 0.6) is 0 Å². The normalized spacial score (nSPS) is 20.5. The number of aryl methyl sites for hydroxylation is 1. The molecule has 0 saturated carbocycles. The average molecular weight is 465 g/mol. The van der Waals surface area contributed by atoms with Gasteiger partial charge in [-0.25, -0.2) is 13.4 Å². The van der Waals surface area contributed by atoms with Crippen molar-refractivity contribution in [2.24, 2.45) is 7.05 Å². The van der Waals surface area contributed by atoms with Crippen molar-refractivity contribution in [1.29, 1.82) is 0 Å². The number of aromatic nitrogens is 2. The van der Waals surface area contributed by atoms with Gasteiger partial charge < -0.3 is 9.47 Å². The summed E-state index contributed by atoms with van der Waals surface area (Å²) in [4.78, 5) is 20.4. The summed E-state index contributed by atoms with van der Waals surface area (Å²) in [6.07, 6.45) is 5.82. The summed E-state index contributed by atoms with van der Waals surface area (Å²) < 4.78 is 30.7. The number of hydrogen-bond acceptors (Lipinski definition) is 5. The molecule has 2 aliphatic heterocycles. The van der Waals surface area contributed by atoms with E-state index >= 15 is 0 Å². The molecule has 0 radical (unpaired) electrons. The molecule has 170 valence electrons. The van der Waals surface area contributed by atoms with Crippen molar-refractivity contribution >= 4 is 27.3 Å². The highest BCUT2D eigenvalue weighted by atomic mass is 32.2. The van der Waals surface area contributed by atoms with Crippen molar-refractivity contribution < 1.29 is 13.2 Å². The third-order valence-corrected chi connectivity index (χ3v) is 9.96. The molecule has 2 aromatic rings. The van der Waals surface area contributed by atoms with E-state index in [0.29, 0.717) is 32.7 Å². The minimum Gasteiger partial charge on any atom is -0.345 e. The molecule has 0 spiro atoms. The van der Waals surface area contributed by atoms with Gasteiger partial charge in [0.15, 0.2) is 0 Å². The maximum atomic E-state index is 13.6. The lowest BCUT2D eigenvalue weighted by Gasteiger charge is -2.34. The number of rotatable bonds is 5. The second-order valence-corrected chi connectivity index (χ2v) is 11.5. The number of piperidine rings is 1. The van der Waals surface area contributed by atoms with E-state index in [1.165, 1.54) is 11.3 Å². The average Bonchev–Trinajstić information content (AvgIpc) is 3.48. The van der Waals surface area contributed by atoms with Crippen LogP contribution in [0, 0.1) is 13.8 Å². The molecule has 0 bridgehead atoms. The van der Waals surface area contributed by atoms with Gasteiger partial charge in [-0.1, -0.05) is 13.3 Å². The predicted octanol–water partition coefficient (Wildman–Crippen LogP) is 3.95. The van der Waals surface area contributed by atoms with E-state index in [9.17, 15) is 13.2 Å². The summed E-state index contributed by atoms with van der Waals surface area (Å²) in [5, 5.41) is 0.692. The van der Waals surface area contributed by atoms with Crippen LogP contribution >= 0.6 is 11.3 Å². The highest BCUT2D eigenvalue weighted by Gasteiger charge is 2.35. The first-order valence-electron chi connectivity index (χ1n) is 11.2.